The Hall–Kier alpha value is -0.370. The van der Waals surface area contributed by atoms with Crippen molar-refractivity contribution in [2.24, 2.45) is 5.92 Å². The Bertz CT molecular complexity index is 403. The SMILES string of the molecule is c1sc(C23CCCC(CC2)C3)nc1C1CC1. The van der Waals surface area contributed by atoms with E-state index in [-0.39, 0.29) is 0 Å². The first-order valence-corrected chi connectivity index (χ1v) is 7.70. The third-order valence-electron chi connectivity index (χ3n) is 4.95. The molecule has 3 saturated carbocycles. The molecule has 3 fully saturated rings. The van der Waals surface area contributed by atoms with Crippen molar-refractivity contribution in [3.63, 3.8) is 0 Å². The summed E-state index contributed by atoms with van der Waals surface area (Å²) in [7, 11) is 0. The van der Waals surface area contributed by atoms with Crippen LogP contribution in [0.4, 0.5) is 0 Å². The number of aromatic nitrogens is 1. The zero-order chi connectivity index (χ0) is 10.6. The molecule has 0 spiro atoms. The molecule has 1 nitrogen and oxygen atoms in total. The van der Waals surface area contributed by atoms with Crippen molar-refractivity contribution < 1.29 is 0 Å². The van der Waals surface area contributed by atoms with Gasteiger partial charge in [-0.25, -0.2) is 4.98 Å². The first kappa shape index (κ1) is 9.64. The van der Waals surface area contributed by atoms with Gasteiger partial charge in [0.2, 0.25) is 0 Å². The van der Waals surface area contributed by atoms with Gasteiger partial charge in [-0.1, -0.05) is 12.8 Å². The topological polar surface area (TPSA) is 12.9 Å². The molecule has 0 aromatic carbocycles. The second-order valence-electron chi connectivity index (χ2n) is 6.13. The summed E-state index contributed by atoms with van der Waals surface area (Å²) in [5.74, 6) is 1.87. The largest absolute Gasteiger partial charge is 0.245 e. The summed E-state index contributed by atoms with van der Waals surface area (Å²) in [6, 6.07) is 0. The van der Waals surface area contributed by atoms with Crippen LogP contribution in [-0.4, -0.2) is 4.98 Å². The zero-order valence-electron chi connectivity index (χ0n) is 9.74. The van der Waals surface area contributed by atoms with Crippen molar-refractivity contribution in [1.29, 1.82) is 0 Å². The summed E-state index contributed by atoms with van der Waals surface area (Å²) >= 11 is 1.96. The molecule has 0 amide bonds. The lowest BCUT2D eigenvalue weighted by atomic mass is 9.76. The Morgan fingerprint density at radius 2 is 2.12 bits per heavy atom. The van der Waals surface area contributed by atoms with Gasteiger partial charge in [-0.05, 0) is 44.4 Å². The molecule has 1 heterocycles. The Morgan fingerprint density at radius 3 is 3.00 bits per heavy atom. The van der Waals surface area contributed by atoms with Crippen LogP contribution in [0.3, 0.4) is 0 Å². The molecule has 1 aromatic heterocycles. The normalized spacial score (nSPS) is 37.9. The van der Waals surface area contributed by atoms with Gasteiger partial charge in [-0.2, -0.15) is 0 Å². The van der Waals surface area contributed by atoms with Crippen LogP contribution in [0.2, 0.25) is 0 Å². The molecular weight excluding hydrogens is 214 g/mol. The van der Waals surface area contributed by atoms with Gasteiger partial charge in [0.15, 0.2) is 0 Å². The lowest BCUT2D eigenvalue weighted by Gasteiger charge is -2.31. The molecule has 16 heavy (non-hydrogen) atoms. The summed E-state index contributed by atoms with van der Waals surface area (Å²) in [4.78, 5) is 4.98. The fourth-order valence-electron chi connectivity index (χ4n) is 3.84. The van der Waals surface area contributed by atoms with Crippen LogP contribution in [0.25, 0.3) is 0 Å². The lowest BCUT2D eigenvalue weighted by molar-refractivity contribution is 0.305. The molecule has 86 valence electrons. The van der Waals surface area contributed by atoms with Crippen LogP contribution in [0.1, 0.15) is 68.0 Å². The Balaban J connectivity index is 1.67. The molecule has 0 N–H and O–H groups in total. The molecule has 3 aliphatic carbocycles. The van der Waals surface area contributed by atoms with E-state index in [1.54, 1.807) is 0 Å². The average Bonchev–Trinajstić information content (AvgIpc) is 2.96. The highest BCUT2D eigenvalue weighted by Crippen LogP contribution is 2.54. The highest BCUT2D eigenvalue weighted by atomic mass is 32.1. The van der Waals surface area contributed by atoms with E-state index >= 15 is 0 Å². The highest BCUT2D eigenvalue weighted by molar-refractivity contribution is 7.09. The van der Waals surface area contributed by atoms with E-state index in [9.17, 15) is 0 Å². The maximum Gasteiger partial charge on any atom is 0.0990 e. The van der Waals surface area contributed by atoms with Crippen molar-refractivity contribution in [2.45, 2.75) is 62.7 Å². The third-order valence-corrected chi connectivity index (χ3v) is 6.06. The van der Waals surface area contributed by atoms with E-state index in [1.165, 1.54) is 62.1 Å². The van der Waals surface area contributed by atoms with Gasteiger partial charge in [0, 0.05) is 16.7 Å². The molecule has 3 aliphatic rings. The number of hydrogen-bond acceptors (Lipinski definition) is 2. The van der Waals surface area contributed by atoms with E-state index < -0.39 is 0 Å². The van der Waals surface area contributed by atoms with E-state index in [2.05, 4.69) is 5.38 Å². The van der Waals surface area contributed by atoms with Crippen LogP contribution in [0.5, 0.6) is 0 Å². The summed E-state index contributed by atoms with van der Waals surface area (Å²) in [5, 5.41) is 3.85. The van der Waals surface area contributed by atoms with Gasteiger partial charge in [-0.3, -0.25) is 0 Å². The number of rotatable bonds is 2. The van der Waals surface area contributed by atoms with Crippen molar-refractivity contribution in [3.8, 4) is 0 Å². The van der Waals surface area contributed by atoms with Crippen LogP contribution < -0.4 is 0 Å². The second kappa shape index (κ2) is 3.32. The summed E-state index contributed by atoms with van der Waals surface area (Å²) < 4.78 is 0. The molecule has 2 unspecified atom stereocenters. The van der Waals surface area contributed by atoms with Gasteiger partial charge >= 0.3 is 0 Å². The Morgan fingerprint density at radius 1 is 1.19 bits per heavy atom. The Labute approximate surface area is 101 Å². The first-order valence-electron chi connectivity index (χ1n) is 6.82. The van der Waals surface area contributed by atoms with E-state index in [0.717, 1.165) is 11.8 Å². The number of hydrogen-bond donors (Lipinski definition) is 0. The monoisotopic (exact) mass is 233 g/mol. The predicted octanol–water partition coefficient (Wildman–Crippen LogP) is 4.24. The highest BCUT2D eigenvalue weighted by Gasteiger charge is 2.45. The van der Waals surface area contributed by atoms with Gasteiger partial charge in [0.1, 0.15) is 0 Å². The van der Waals surface area contributed by atoms with E-state index in [4.69, 9.17) is 4.98 Å². The minimum absolute atomic E-state index is 0.528. The number of thiazole rings is 1. The average molecular weight is 233 g/mol. The fraction of sp³-hybridized carbons (Fsp3) is 0.786. The van der Waals surface area contributed by atoms with Crippen LogP contribution in [-0.2, 0) is 5.41 Å². The van der Waals surface area contributed by atoms with Gasteiger partial charge < -0.3 is 0 Å². The third kappa shape index (κ3) is 1.38. The Kier molecular flexibility index (Phi) is 2.00. The second-order valence-corrected chi connectivity index (χ2v) is 6.99. The van der Waals surface area contributed by atoms with E-state index in [0.29, 0.717) is 5.41 Å². The number of fused-ring (bicyclic) bond motifs is 2. The molecule has 1 aromatic rings. The molecule has 2 atom stereocenters. The van der Waals surface area contributed by atoms with Crippen molar-refractivity contribution in [2.75, 3.05) is 0 Å². The van der Waals surface area contributed by atoms with Crippen LogP contribution in [0.15, 0.2) is 5.38 Å². The molecule has 2 heteroatoms. The fourth-order valence-corrected chi connectivity index (χ4v) is 5.01. The minimum Gasteiger partial charge on any atom is -0.245 e. The summed E-state index contributed by atoms with van der Waals surface area (Å²) in [6.45, 7) is 0. The minimum atomic E-state index is 0.528. The van der Waals surface area contributed by atoms with Crippen molar-refractivity contribution >= 4 is 11.3 Å². The molecule has 0 radical (unpaired) electrons. The number of nitrogens with zero attached hydrogens (tertiary/aromatic N) is 1. The quantitative estimate of drug-likeness (QED) is 0.744. The molecule has 4 rings (SSSR count). The standard InChI is InChI=1S/C14H19NS/c1-2-10-5-7-14(6-1,8-10)13-15-12(9-16-13)11-3-4-11/h9-11H,1-8H2. The zero-order valence-corrected chi connectivity index (χ0v) is 10.6. The maximum absolute atomic E-state index is 4.98. The maximum atomic E-state index is 4.98. The molecule has 0 saturated heterocycles. The lowest BCUT2D eigenvalue weighted by Crippen LogP contribution is -2.25. The molecule has 0 aliphatic heterocycles. The predicted molar refractivity (Wildman–Crippen MR) is 67.0 cm³/mol. The molecular formula is C14H19NS. The van der Waals surface area contributed by atoms with Crippen molar-refractivity contribution in [1.82, 2.24) is 4.98 Å². The van der Waals surface area contributed by atoms with Crippen molar-refractivity contribution in [3.05, 3.63) is 16.1 Å². The smallest absolute Gasteiger partial charge is 0.0990 e. The van der Waals surface area contributed by atoms with Crippen LogP contribution >= 0.6 is 11.3 Å². The summed E-state index contributed by atoms with van der Waals surface area (Å²) in [5.41, 5.74) is 1.95. The van der Waals surface area contributed by atoms with Crippen LogP contribution in [0, 0.1) is 5.92 Å². The molecule has 2 bridgehead atoms. The van der Waals surface area contributed by atoms with Gasteiger partial charge in [0.05, 0.1) is 10.7 Å². The summed E-state index contributed by atoms with van der Waals surface area (Å²) in [6.07, 6.45) is 11.5. The van der Waals surface area contributed by atoms with Gasteiger partial charge in [0.25, 0.3) is 0 Å². The van der Waals surface area contributed by atoms with E-state index in [1.807, 2.05) is 11.3 Å². The first-order chi connectivity index (χ1) is 7.86. The van der Waals surface area contributed by atoms with Gasteiger partial charge in [-0.15, -0.1) is 11.3 Å².